The van der Waals surface area contributed by atoms with E-state index in [9.17, 15) is 4.79 Å². The molecule has 3 N–H and O–H groups in total. The van der Waals surface area contributed by atoms with Crippen LogP contribution in [0.25, 0.3) is 0 Å². The Morgan fingerprint density at radius 1 is 1.12 bits per heavy atom. The third-order valence-electron chi connectivity index (χ3n) is 2.94. The van der Waals surface area contributed by atoms with E-state index in [4.69, 9.17) is 10.2 Å². The quantitative estimate of drug-likeness (QED) is 0.522. The van der Waals surface area contributed by atoms with E-state index in [1.54, 1.807) is 0 Å². The van der Waals surface area contributed by atoms with Gasteiger partial charge in [-0.15, -0.1) is 0 Å². The van der Waals surface area contributed by atoms with Gasteiger partial charge in [0.1, 0.15) is 0 Å². The largest absolute Gasteiger partial charge is 0.394 e. The molecule has 0 saturated carbocycles. The normalized spacial score (nSPS) is 11.5. The van der Waals surface area contributed by atoms with E-state index in [0.29, 0.717) is 12.8 Å². The van der Waals surface area contributed by atoms with Crippen molar-refractivity contribution in [2.24, 2.45) is 0 Å². The van der Waals surface area contributed by atoms with Gasteiger partial charge in [-0.25, -0.2) is 0 Å². The molecule has 0 aromatic carbocycles. The van der Waals surface area contributed by atoms with Gasteiger partial charge in [0, 0.05) is 6.42 Å². The van der Waals surface area contributed by atoms with Crippen molar-refractivity contribution in [2.45, 2.75) is 57.9 Å². The van der Waals surface area contributed by atoms with Crippen molar-refractivity contribution < 1.29 is 15.0 Å². The van der Waals surface area contributed by atoms with Crippen LogP contribution >= 0.6 is 0 Å². The third-order valence-corrected chi connectivity index (χ3v) is 2.94. The lowest BCUT2D eigenvalue weighted by molar-refractivity contribution is -0.124. The molecule has 0 aliphatic carbocycles. The number of carbonyl (C=O) groups excluding carboxylic acids is 1. The Morgan fingerprint density at radius 3 is 2.19 bits per heavy atom. The fourth-order valence-corrected chi connectivity index (χ4v) is 1.51. The van der Waals surface area contributed by atoms with E-state index in [1.807, 2.05) is 6.92 Å². The van der Waals surface area contributed by atoms with Crippen molar-refractivity contribution in [3.63, 3.8) is 0 Å². The number of hydrogen-bond donors (Lipinski definition) is 3. The second-order valence-electron chi connectivity index (χ2n) is 4.31. The van der Waals surface area contributed by atoms with Crippen LogP contribution in [0.5, 0.6) is 0 Å². The number of amides is 1. The molecule has 0 unspecified atom stereocenters. The predicted octanol–water partition coefficient (Wildman–Crippen LogP) is 1.21. The van der Waals surface area contributed by atoms with Gasteiger partial charge in [0.2, 0.25) is 5.91 Å². The molecule has 96 valence electrons. The molecule has 0 fully saturated rings. The first kappa shape index (κ1) is 15.4. The van der Waals surface area contributed by atoms with E-state index in [2.05, 4.69) is 12.2 Å². The molecular weight excluding hydrogens is 206 g/mol. The van der Waals surface area contributed by atoms with Crippen molar-refractivity contribution in [3.05, 3.63) is 0 Å². The van der Waals surface area contributed by atoms with Gasteiger partial charge in [0.25, 0.3) is 0 Å². The summed E-state index contributed by atoms with van der Waals surface area (Å²) in [5.74, 6) is -0.0824. The van der Waals surface area contributed by atoms with Gasteiger partial charge in [0.05, 0.1) is 18.8 Å². The van der Waals surface area contributed by atoms with Crippen LogP contribution in [0.3, 0.4) is 0 Å². The number of carbonyl (C=O) groups is 1. The first-order valence-electron chi connectivity index (χ1n) is 6.17. The molecule has 1 amide bonds. The molecule has 4 nitrogen and oxygen atoms in total. The molecule has 0 spiro atoms. The van der Waals surface area contributed by atoms with Crippen molar-refractivity contribution in [1.29, 1.82) is 0 Å². The Hall–Kier alpha value is -0.610. The standard InChI is InChI=1S/C12H25NO3/c1-3-5-6-7-8-11(16)13-12(4-2,9-14)10-15/h14-15H,3-10H2,1-2H3,(H,13,16). The van der Waals surface area contributed by atoms with Crippen molar-refractivity contribution in [1.82, 2.24) is 5.32 Å². The number of aliphatic hydroxyl groups is 2. The average Bonchev–Trinajstić information content (AvgIpc) is 2.32. The molecule has 4 heteroatoms. The van der Waals surface area contributed by atoms with Gasteiger partial charge in [-0.3, -0.25) is 4.79 Å². The maximum Gasteiger partial charge on any atom is 0.220 e. The highest BCUT2D eigenvalue weighted by Crippen LogP contribution is 2.10. The van der Waals surface area contributed by atoms with Crippen molar-refractivity contribution in [2.75, 3.05) is 13.2 Å². The van der Waals surface area contributed by atoms with E-state index in [-0.39, 0.29) is 19.1 Å². The zero-order valence-corrected chi connectivity index (χ0v) is 10.5. The summed E-state index contributed by atoms with van der Waals surface area (Å²) in [6, 6.07) is 0. The molecule has 0 radical (unpaired) electrons. The Balaban J connectivity index is 3.91. The van der Waals surface area contributed by atoms with E-state index in [0.717, 1.165) is 25.7 Å². The Kier molecular flexibility index (Phi) is 8.21. The third kappa shape index (κ3) is 5.47. The van der Waals surface area contributed by atoms with E-state index < -0.39 is 5.54 Å². The van der Waals surface area contributed by atoms with Crippen LogP contribution < -0.4 is 5.32 Å². The van der Waals surface area contributed by atoms with Gasteiger partial charge in [-0.05, 0) is 12.8 Å². The topological polar surface area (TPSA) is 69.6 Å². The summed E-state index contributed by atoms with van der Waals surface area (Å²) in [5.41, 5.74) is -0.845. The molecule has 0 heterocycles. The molecule has 0 rings (SSSR count). The Morgan fingerprint density at radius 2 is 1.75 bits per heavy atom. The van der Waals surface area contributed by atoms with Gasteiger partial charge in [-0.2, -0.15) is 0 Å². The zero-order valence-electron chi connectivity index (χ0n) is 10.5. The minimum Gasteiger partial charge on any atom is -0.394 e. The number of nitrogens with one attached hydrogen (secondary N) is 1. The summed E-state index contributed by atoms with van der Waals surface area (Å²) in [6.07, 6.45) is 5.22. The Bertz CT molecular complexity index is 182. The van der Waals surface area contributed by atoms with E-state index >= 15 is 0 Å². The number of rotatable bonds is 9. The molecule has 0 aliphatic rings. The molecule has 0 aliphatic heterocycles. The molecule has 0 atom stereocenters. The fraction of sp³-hybridized carbons (Fsp3) is 0.917. The van der Waals surface area contributed by atoms with E-state index in [1.165, 1.54) is 0 Å². The SMILES string of the molecule is CCCCCCC(=O)NC(CC)(CO)CO. The Labute approximate surface area is 98.1 Å². The maximum atomic E-state index is 11.6. The first-order chi connectivity index (χ1) is 7.64. The van der Waals surface area contributed by atoms with Crippen molar-refractivity contribution >= 4 is 5.91 Å². The van der Waals surface area contributed by atoms with Crippen LogP contribution in [0.4, 0.5) is 0 Å². The second kappa shape index (κ2) is 8.53. The van der Waals surface area contributed by atoms with Crippen LogP contribution in [0, 0.1) is 0 Å². The second-order valence-corrected chi connectivity index (χ2v) is 4.31. The molecule has 0 aromatic heterocycles. The molecule has 0 bridgehead atoms. The van der Waals surface area contributed by atoms with Crippen LogP contribution in [0.2, 0.25) is 0 Å². The fourth-order valence-electron chi connectivity index (χ4n) is 1.51. The zero-order chi connectivity index (χ0) is 12.4. The molecule has 16 heavy (non-hydrogen) atoms. The summed E-state index contributed by atoms with van der Waals surface area (Å²) < 4.78 is 0. The van der Waals surface area contributed by atoms with Crippen LogP contribution in [-0.4, -0.2) is 34.9 Å². The minimum atomic E-state index is -0.845. The molecule has 0 saturated heterocycles. The highest BCUT2D eigenvalue weighted by Gasteiger charge is 2.27. The predicted molar refractivity (Wildman–Crippen MR) is 64.1 cm³/mol. The lowest BCUT2D eigenvalue weighted by Crippen LogP contribution is -2.53. The average molecular weight is 231 g/mol. The number of hydrogen-bond acceptors (Lipinski definition) is 3. The van der Waals surface area contributed by atoms with Gasteiger partial charge < -0.3 is 15.5 Å². The van der Waals surface area contributed by atoms with Crippen molar-refractivity contribution in [3.8, 4) is 0 Å². The van der Waals surface area contributed by atoms with Crippen LogP contribution in [0.15, 0.2) is 0 Å². The lowest BCUT2D eigenvalue weighted by Gasteiger charge is -2.29. The minimum absolute atomic E-state index is 0.0824. The van der Waals surface area contributed by atoms with Gasteiger partial charge >= 0.3 is 0 Å². The number of aliphatic hydroxyl groups excluding tert-OH is 2. The van der Waals surface area contributed by atoms with Gasteiger partial charge in [0.15, 0.2) is 0 Å². The maximum absolute atomic E-state index is 11.6. The highest BCUT2D eigenvalue weighted by molar-refractivity contribution is 5.76. The van der Waals surface area contributed by atoms with Gasteiger partial charge in [-0.1, -0.05) is 33.1 Å². The lowest BCUT2D eigenvalue weighted by atomic mass is 9.98. The molecular formula is C12H25NO3. The first-order valence-corrected chi connectivity index (χ1v) is 6.17. The summed E-state index contributed by atoms with van der Waals surface area (Å²) in [7, 11) is 0. The summed E-state index contributed by atoms with van der Waals surface area (Å²) in [6.45, 7) is 3.52. The van der Waals surface area contributed by atoms with Crippen LogP contribution in [-0.2, 0) is 4.79 Å². The highest BCUT2D eigenvalue weighted by atomic mass is 16.3. The van der Waals surface area contributed by atoms with Crippen LogP contribution in [0.1, 0.15) is 52.4 Å². The number of unbranched alkanes of at least 4 members (excludes halogenated alkanes) is 3. The molecule has 0 aromatic rings. The summed E-state index contributed by atoms with van der Waals surface area (Å²) in [4.78, 5) is 11.6. The smallest absolute Gasteiger partial charge is 0.220 e. The monoisotopic (exact) mass is 231 g/mol. The summed E-state index contributed by atoms with van der Waals surface area (Å²) in [5, 5.41) is 21.0. The summed E-state index contributed by atoms with van der Waals surface area (Å²) >= 11 is 0.